The summed E-state index contributed by atoms with van der Waals surface area (Å²) in [6.07, 6.45) is 4.90. The topological polar surface area (TPSA) is 393 Å². The summed E-state index contributed by atoms with van der Waals surface area (Å²) in [7, 11) is 0. The minimum absolute atomic E-state index is 0.0129. The van der Waals surface area contributed by atoms with Gasteiger partial charge in [-0.25, -0.2) is 0 Å². The van der Waals surface area contributed by atoms with Crippen LogP contribution in [0.4, 0.5) is 0 Å². The summed E-state index contributed by atoms with van der Waals surface area (Å²) in [5.74, 6) is -4.52. The zero-order valence-corrected chi connectivity index (χ0v) is 24.9. The first-order valence-electron chi connectivity index (χ1n) is 13.4. The highest BCUT2D eigenvalue weighted by molar-refractivity contribution is 5.76. The molecule has 0 radical (unpaired) electrons. The number of hydrogen-bond donors (Lipinski definition) is 13. The third kappa shape index (κ3) is 36.4. The molecular weight excluding hydrogens is 574 g/mol. The number of carboxylic acid groups (broad SMARTS) is 5. The van der Waals surface area contributed by atoms with Gasteiger partial charge in [-0.15, -0.1) is 0 Å². The molecule has 1 heterocycles. The van der Waals surface area contributed by atoms with Crippen molar-refractivity contribution in [1.82, 2.24) is 5.32 Å². The van der Waals surface area contributed by atoms with Gasteiger partial charge in [-0.1, -0.05) is 20.3 Å². The van der Waals surface area contributed by atoms with Gasteiger partial charge in [0.1, 0.15) is 24.2 Å². The summed E-state index contributed by atoms with van der Waals surface area (Å²) in [5.41, 5.74) is 35.5. The summed E-state index contributed by atoms with van der Waals surface area (Å²) in [6, 6.07) is -2.52. The van der Waals surface area contributed by atoms with Crippen molar-refractivity contribution < 1.29 is 49.5 Å². The average molecular weight is 628 g/mol. The van der Waals surface area contributed by atoms with Crippen molar-refractivity contribution >= 4 is 35.8 Å². The molecule has 0 aromatic heterocycles. The van der Waals surface area contributed by atoms with Gasteiger partial charge in [0.25, 0.3) is 0 Å². The number of nitrogens with zero attached hydrogens (tertiary/aromatic N) is 1. The lowest BCUT2D eigenvalue weighted by Gasteiger charge is -2.07. The third-order valence-electron chi connectivity index (χ3n) is 5.11. The predicted octanol–water partition coefficient (Wildman–Crippen LogP) is -3.11. The van der Waals surface area contributed by atoms with E-state index in [1.165, 1.54) is 0 Å². The number of unbranched alkanes of at least 4 members (excludes halogenated alkanes) is 1. The molecular formula is C24H53N9O10. The van der Waals surface area contributed by atoms with Crippen molar-refractivity contribution in [2.45, 2.75) is 83.0 Å². The van der Waals surface area contributed by atoms with E-state index in [0.717, 1.165) is 32.2 Å². The lowest BCUT2D eigenvalue weighted by atomic mass is 10.1. The van der Waals surface area contributed by atoms with Crippen LogP contribution < -0.4 is 45.5 Å². The summed E-state index contributed by atoms with van der Waals surface area (Å²) in [4.78, 5) is 53.4. The highest BCUT2D eigenvalue weighted by Crippen LogP contribution is 2.03. The van der Waals surface area contributed by atoms with Crippen molar-refractivity contribution in [3.05, 3.63) is 0 Å². The van der Waals surface area contributed by atoms with Crippen LogP contribution in [0.3, 0.4) is 0 Å². The van der Waals surface area contributed by atoms with Crippen molar-refractivity contribution in [3.8, 4) is 0 Å². The number of carbonyl (C=O) groups is 5. The van der Waals surface area contributed by atoms with Gasteiger partial charge in [0.05, 0.1) is 6.54 Å². The second kappa shape index (κ2) is 29.9. The van der Waals surface area contributed by atoms with Gasteiger partial charge in [0.2, 0.25) is 0 Å². The van der Waals surface area contributed by atoms with Gasteiger partial charge in [0, 0.05) is 6.54 Å². The fourth-order valence-corrected chi connectivity index (χ4v) is 2.46. The molecule has 0 aromatic carbocycles. The Morgan fingerprint density at radius 3 is 1.51 bits per heavy atom. The Bertz CT molecular complexity index is 794. The molecule has 1 rings (SSSR count). The molecule has 1 fully saturated rings. The Morgan fingerprint density at radius 2 is 1.28 bits per heavy atom. The van der Waals surface area contributed by atoms with Gasteiger partial charge < -0.3 is 71.0 Å². The second-order valence-corrected chi connectivity index (χ2v) is 9.32. The smallest absolute Gasteiger partial charge is 0.320 e. The van der Waals surface area contributed by atoms with E-state index < -0.39 is 48.0 Å². The van der Waals surface area contributed by atoms with Gasteiger partial charge in [-0.3, -0.25) is 29.0 Å². The van der Waals surface area contributed by atoms with E-state index >= 15 is 0 Å². The Hall–Kier alpha value is -3.62. The fourth-order valence-electron chi connectivity index (χ4n) is 2.46. The zero-order valence-electron chi connectivity index (χ0n) is 24.9. The highest BCUT2D eigenvalue weighted by Gasteiger charge is 2.20. The number of hydrogen-bond acceptors (Lipinski definition) is 12. The molecule has 0 spiro atoms. The number of guanidine groups is 1. The molecule has 0 saturated carbocycles. The minimum atomic E-state index is -1.00. The first kappa shape index (κ1) is 46.3. The highest BCUT2D eigenvalue weighted by atomic mass is 16.4. The van der Waals surface area contributed by atoms with E-state index in [4.69, 9.17) is 59.9 Å². The summed E-state index contributed by atoms with van der Waals surface area (Å²) in [5, 5.41) is 43.7. The van der Waals surface area contributed by atoms with Crippen LogP contribution in [0.1, 0.15) is 58.8 Å². The molecule has 20 N–H and O–H groups in total. The fraction of sp³-hybridized carbons (Fsp3) is 0.750. The molecule has 4 atom stereocenters. The zero-order chi connectivity index (χ0) is 34.5. The molecule has 254 valence electrons. The van der Waals surface area contributed by atoms with E-state index in [-0.39, 0.29) is 24.5 Å². The maximum Gasteiger partial charge on any atom is 0.320 e. The monoisotopic (exact) mass is 627 g/mol. The lowest BCUT2D eigenvalue weighted by molar-refractivity contribution is -0.140. The summed E-state index contributed by atoms with van der Waals surface area (Å²) in [6.45, 7) is 5.16. The van der Waals surface area contributed by atoms with Crippen molar-refractivity contribution in [1.29, 1.82) is 0 Å². The molecule has 0 amide bonds. The van der Waals surface area contributed by atoms with Crippen molar-refractivity contribution in [3.63, 3.8) is 0 Å². The standard InChI is InChI=1S/C6H14N4O2.C6H14N2O2.C5H9NO2.C5H11NO2.C2H5NO2/c7-4(5(11)12)2-1-3-10-6(8)9;7-4-2-1-3-5(8)6(9)10;7-5(8)4-2-1-3-6-4;1-3(2)4(6)5(7)8;3-1-2(4)5/h4H,1-3,7H2,(H,11,12)(H4,8,9,10);5H,1-4,7-8H2,(H,9,10);4,6H,1-3H2,(H,7,8);3-4H,6H2,1-2H3,(H,7,8);1,3H2,(H,4,5)/t;;4-;;/m..0../s1. The van der Waals surface area contributed by atoms with Gasteiger partial charge in [-0.05, 0) is 57.5 Å². The number of aliphatic imine (C=N–C) groups is 1. The SMILES string of the molecule is CC(C)C(N)C(=O)O.NC(N)=NCCCC(N)C(=O)O.NCC(=O)O.NCCCCC(N)C(=O)O.O=C(O)[C@@H]1CCCN1. The number of nitrogens with two attached hydrogens (primary N) is 7. The van der Waals surface area contributed by atoms with Crippen LogP contribution >= 0.6 is 0 Å². The van der Waals surface area contributed by atoms with Crippen LogP contribution in [0, 0.1) is 5.92 Å². The lowest BCUT2D eigenvalue weighted by Crippen LogP contribution is -2.34. The first-order valence-corrected chi connectivity index (χ1v) is 13.4. The van der Waals surface area contributed by atoms with E-state index in [0.29, 0.717) is 32.4 Å². The average Bonchev–Trinajstić information content (AvgIpc) is 3.47. The quantitative estimate of drug-likeness (QED) is 0.0514. The summed E-state index contributed by atoms with van der Waals surface area (Å²) >= 11 is 0. The normalized spacial score (nSPS) is 15.1. The van der Waals surface area contributed by atoms with Crippen LogP contribution in [0.2, 0.25) is 0 Å². The molecule has 19 nitrogen and oxygen atoms in total. The molecule has 1 saturated heterocycles. The van der Waals surface area contributed by atoms with Crippen molar-refractivity contribution in [2.24, 2.45) is 51.0 Å². The Labute approximate surface area is 251 Å². The maximum atomic E-state index is 10.2. The second-order valence-electron chi connectivity index (χ2n) is 9.32. The van der Waals surface area contributed by atoms with E-state index in [1.807, 2.05) is 0 Å². The molecule has 0 aromatic rings. The number of nitrogens with one attached hydrogen (secondary N) is 1. The van der Waals surface area contributed by atoms with Gasteiger partial charge in [-0.2, -0.15) is 0 Å². The van der Waals surface area contributed by atoms with Crippen molar-refractivity contribution in [2.75, 3.05) is 26.2 Å². The van der Waals surface area contributed by atoms with Crippen LogP contribution in [0.15, 0.2) is 4.99 Å². The molecule has 0 bridgehead atoms. The largest absolute Gasteiger partial charge is 0.480 e. The Morgan fingerprint density at radius 1 is 0.814 bits per heavy atom. The summed E-state index contributed by atoms with van der Waals surface area (Å²) < 4.78 is 0. The van der Waals surface area contributed by atoms with E-state index in [2.05, 4.69) is 16.0 Å². The number of carboxylic acids is 5. The molecule has 19 heteroatoms. The van der Waals surface area contributed by atoms with Gasteiger partial charge in [0.15, 0.2) is 5.96 Å². The molecule has 1 aliphatic heterocycles. The van der Waals surface area contributed by atoms with Crippen LogP contribution in [-0.2, 0) is 24.0 Å². The molecule has 0 aliphatic carbocycles. The molecule has 43 heavy (non-hydrogen) atoms. The van der Waals surface area contributed by atoms with E-state index in [1.54, 1.807) is 13.8 Å². The first-order chi connectivity index (χ1) is 19.8. The number of aliphatic carboxylic acids is 5. The Balaban J connectivity index is -0.000000226. The van der Waals surface area contributed by atoms with Crippen LogP contribution in [0.5, 0.6) is 0 Å². The predicted molar refractivity (Wildman–Crippen MR) is 160 cm³/mol. The Kier molecular flexibility index (Phi) is 32.2. The van der Waals surface area contributed by atoms with Crippen LogP contribution in [0.25, 0.3) is 0 Å². The van der Waals surface area contributed by atoms with Crippen LogP contribution in [-0.4, -0.2) is 112 Å². The number of rotatable bonds is 14. The maximum absolute atomic E-state index is 10.2. The molecule has 3 unspecified atom stereocenters. The third-order valence-corrected chi connectivity index (χ3v) is 5.11. The molecule has 1 aliphatic rings. The minimum Gasteiger partial charge on any atom is -0.480 e. The van der Waals surface area contributed by atoms with E-state index in [9.17, 15) is 24.0 Å². The van der Waals surface area contributed by atoms with Gasteiger partial charge >= 0.3 is 29.8 Å².